The molecule has 0 aromatic rings. The van der Waals surface area contributed by atoms with Crippen LogP contribution in [0.1, 0.15) is 33.6 Å². The summed E-state index contributed by atoms with van der Waals surface area (Å²) in [4.78, 5) is 31.8. The Hall–Kier alpha value is -1.68. The van der Waals surface area contributed by atoms with Crippen molar-refractivity contribution in [3.63, 3.8) is 0 Å². The molecular weight excluding hydrogens is 340 g/mol. The van der Waals surface area contributed by atoms with Gasteiger partial charge in [0.05, 0.1) is 5.75 Å². The quantitative estimate of drug-likeness (QED) is 0.658. The number of aliphatic carboxylic acids is 2. The van der Waals surface area contributed by atoms with Crippen LogP contribution in [0.5, 0.6) is 0 Å². The Bertz CT molecular complexity index is 525. The number of hydrogen-bond donors (Lipinski definition) is 2. The van der Waals surface area contributed by atoms with Crippen LogP contribution in [0.2, 0.25) is 0 Å². The molecule has 0 saturated carbocycles. The molecule has 0 bridgehead atoms. The van der Waals surface area contributed by atoms with E-state index in [9.17, 15) is 13.2 Å². The van der Waals surface area contributed by atoms with Crippen LogP contribution in [-0.4, -0.2) is 77.6 Å². The first-order valence-electron chi connectivity index (χ1n) is 7.73. The summed E-state index contributed by atoms with van der Waals surface area (Å²) in [6.07, 6.45) is 1.18. The van der Waals surface area contributed by atoms with Gasteiger partial charge in [0.1, 0.15) is 0 Å². The van der Waals surface area contributed by atoms with Gasteiger partial charge in [-0.3, -0.25) is 4.79 Å². The fourth-order valence-electron chi connectivity index (χ4n) is 2.08. The van der Waals surface area contributed by atoms with Crippen molar-refractivity contribution >= 4 is 27.9 Å². The number of hydrogen-bond acceptors (Lipinski definition) is 5. The zero-order chi connectivity index (χ0) is 18.9. The van der Waals surface area contributed by atoms with Crippen molar-refractivity contribution in [1.82, 2.24) is 9.21 Å². The second-order valence-electron chi connectivity index (χ2n) is 5.80. The van der Waals surface area contributed by atoms with Gasteiger partial charge in [-0.25, -0.2) is 18.0 Å². The van der Waals surface area contributed by atoms with Gasteiger partial charge < -0.3 is 15.1 Å². The molecule has 0 radical (unpaired) electrons. The van der Waals surface area contributed by atoms with E-state index in [2.05, 4.69) is 0 Å². The molecule has 0 aliphatic carbocycles. The SMILES string of the molecule is CCCS(=O)(=O)N1CCN(C(=O)CC(C)C)CC1.O=C(O)C(=O)O. The molecule has 1 fully saturated rings. The second-order valence-corrected chi connectivity index (χ2v) is 7.89. The van der Waals surface area contributed by atoms with E-state index in [0.29, 0.717) is 44.9 Å². The molecule has 9 nitrogen and oxygen atoms in total. The highest BCUT2D eigenvalue weighted by atomic mass is 32.2. The summed E-state index contributed by atoms with van der Waals surface area (Å²) in [6, 6.07) is 0. The van der Waals surface area contributed by atoms with E-state index < -0.39 is 22.0 Å². The van der Waals surface area contributed by atoms with Crippen LogP contribution in [0.3, 0.4) is 0 Å². The van der Waals surface area contributed by atoms with Gasteiger partial charge in [-0.1, -0.05) is 20.8 Å². The first kappa shape index (κ1) is 22.3. The maximum atomic E-state index is 11.9. The minimum Gasteiger partial charge on any atom is -0.473 e. The van der Waals surface area contributed by atoms with Gasteiger partial charge in [0.25, 0.3) is 0 Å². The van der Waals surface area contributed by atoms with Crippen molar-refractivity contribution in [2.75, 3.05) is 31.9 Å². The Morgan fingerprint density at radius 3 is 1.79 bits per heavy atom. The number of carboxylic acids is 2. The molecule has 0 aromatic carbocycles. The Labute approximate surface area is 142 Å². The second kappa shape index (κ2) is 10.2. The number of nitrogens with zero attached hydrogens (tertiary/aromatic N) is 2. The highest BCUT2D eigenvalue weighted by Crippen LogP contribution is 2.11. The van der Waals surface area contributed by atoms with Gasteiger partial charge in [-0.15, -0.1) is 0 Å². The Kier molecular flexibility index (Phi) is 9.52. The van der Waals surface area contributed by atoms with Crippen LogP contribution in [0.25, 0.3) is 0 Å². The molecule has 140 valence electrons. The highest BCUT2D eigenvalue weighted by Gasteiger charge is 2.28. The third-order valence-electron chi connectivity index (χ3n) is 3.21. The van der Waals surface area contributed by atoms with Crippen LogP contribution in [0.15, 0.2) is 0 Å². The third kappa shape index (κ3) is 8.25. The lowest BCUT2D eigenvalue weighted by Crippen LogP contribution is -2.51. The van der Waals surface area contributed by atoms with Gasteiger partial charge in [0, 0.05) is 32.6 Å². The molecule has 10 heteroatoms. The number of sulfonamides is 1. The normalized spacial score (nSPS) is 15.6. The first-order chi connectivity index (χ1) is 11.0. The van der Waals surface area contributed by atoms with Crippen molar-refractivity contribution in [2.24, 2.45) is 5.92 Å². The van der Waals surface area contributed by atoms with Gasteiger partial charge in [-0.2, -0.15) is 4.31 Å². The molecular formula is C14H26N2O7S. The van der Waals surface area contributed by atoms with Gasteiger partial charge >= 0.3 is 11.9 Å². The standard InChI is InChI=1S/C12H24N2O3S.C2H2O4/c1-4-9-18(16,17)14-7-5-13(6-8-14)12(15)10-11(2)3;3-1(4)2(5)6/h11H,4-10H2,1-3H3;(H,3,4)(H,5,6). The summed E-state index contributed by atoms with van der Waals surface area (Å²) in [7, 11) is -3.11. The molecule has 0 spiro atoms. The van der Waals surface area contributed by atoms with Crippen LogP contribution >= 0.6 is 0 Å². The average Bonchev–Trinajstić information content (AvgIpc) is 2.47. The molecule has 1 heterocycles. The van der Waals surface area contributed by atoms with E-state index in [1.54, 1.807) is 4.90 Å². The lowest BCUT2D eigenvalue weighted by Gasteiger charge is -2.34. The molecule has 1 aliphatic rings. The lowest BCUT2D eigenvalue weighted by atomic mass is 10.1. The largest absolute Gasteiger partial charge is 0.473 e. The van der Waals surface area contributed by atoms with E-state index >= 15 is 0 Å². The van der Waals surface area contributed by atoms with E-state index in [4.69, 9.17) is 19.8 Å². The van der Waals surface area contributed by atoms with Gasteiger partial charge in [-0.05, 0) is 12.3 Å². The summed E-state index contributed by atoms with van der Waals surface area (Å²) in [5.74, 6) is -2.96. The number of amides is 1. The number of piperazine rings is 1. The van der Waals surface area contributed by atoms with E-state index in [1.165, 1.54) is 4.31 Å². The van der Waals surface area contributed by atoms with E-state index in [1.807, 2.05) is 20.8 Å². The molecule has 0 aromatic heterocycles. The van der Waals surface area contributed by atoms with E-state index in [-0.39, 0.29) is 11.7 Å². The molecule has 1 amide bonds. The minimum absolute atomic E-state index is 0.137. The van der Waals surface area contributed by atoms with Crippen LogP contribution in [-0.2, 0) is 24.4 Å². The Morgan fingerprint density at radius 2 is 1.46 bits per heavy atom. The number of rotatable bonds is 5. The van der Waals surface area contributed by atoms with Crippen LogP contribution < -0.4 is 0 Å². The summed E-state index contributed by atoms with van der Waals surface area (Å²) in [5, 5.41) is 14.8. The van der Waals surface area contributed by atoms with Crippen molar-refractivity contribution in [1.29, 1.82) is 0 Å². The fourth-order valence-corrected chi connectivity index (χ4v) is 3.57. The predicted molar refractivity (Wildman–Crippen MR) is 87.0 cm³/mol. The summed E-state index contributed by atoms with van der Waals surface area (Å²) < 4.78 is 25.2. The fraction of sp³-hybridized carbons (Fsp3) is 0.786. The maximum absolute atomic E-state index is 11.9. The number of carboxylic acid groups (broad SMARTS) is 2. The predicted octanol–water partition coefficient (Wildman–Crippen LogP) is 0.0721. The molecule has 24 heavy (non-hydrogen) atoms. The number of carbonyl (C=O) groups is 3. The average molecular weight is 366 g/mol. The first-order valence-corrected chi connectivity index (χ1v) is 9.34. The van der Waals surface area contributed by atoms with Crippen molar-refractivity contribution < 1.29 is 33.0 Å². The summed E-state index contributed by atoms with van der Waals surface area (Å²) in [6.45, 7) is 7.81. The molecule has 1 aliphatic heterocycles. The molecule has 0 atom stereocenters. The Morgan fingerprint density at radius 1 is 1.00 bits per heavy atom. The maximum Gasteiger partial charge on any atom is 0.414 e. The smallest absolute Gasteiger partial charge is 0.414 e. The van der Waals surface area contributed by atoms with Gasteiger partial charge in [0.2, 0.25) is 15.9 Å². The van der Waals surface area contributed by atoms with Crippen molar-refractivity contribution in [2.45, 2.75) is 33.6 Å². The van der Waals surface area contributed by atoms with Crippen molar-refractivity contribution in [3.8, 4) is 0 Å². The molecule has 1 saturated heterocycles. The van der Waals surface area contributed by atoms with Crippen LogP contribution in [0.4, 0.5) is 0 Å². The summed E-state index contributed by atoms with van der Waals surface area (Å²) >= 11 is 0. The molecule has 0 unspecified atom stereocenters. The third-order valence-corrected chi connectivity index (χ3v) is 5.29. The number of carbonyl (C=O) groups excluding carboxylic acids is 1. The monoisotopic (exact) mass is 366 g/mol. The van der Waals surface area contributed by atoms with Crippen molar-refractivity contribution in [3.05, 3.63) is 0 Å². The van der Waals surface area contributed by atoms with E-state index in [0.717, 1.165) is 0 Å². The Balaban J connectivity index is 0.000000754. The van der Waals surface area contributed by atoms with Gasteiger partial charge in [0.15, 0.2) is 0 Å². The highest BCUT2D eigenvalue weighted by molar-refractivity contribution is 7.89. The van der Waals surface area contributed by atoms with Crippen LogP contribution in [0, 0.1) is 5.92 Å². The molecule has 1 rings (SSSR count). The topological polar surface area (TPSA) is 132 Å². The minimum atomic E-state index is -3.11. The zero-order valence-corrected chi connectivity index (χ0v) is 15.1. The zero-order valence-electron chi connectivity index (χ0n) is 14.3. The molecule has 2 N–H and O–H groups in total. The lowest BCUT2D eigenvalue weighted by molar-refractivity contribution is -0.159. The summed E-state index contributed by atoms with van der Waals surface area (Å²) in [5.41, 5.74) is 0.